The van der Waals surface area contributed by atoms with E-state index in [1.807, 2.05) is 18.2 Å². The molecule has 2 aliphatic heterocycles. The first-order valence-electron chi connectivity index (χ1n) is 22.3. The van der Waals surface area contributed by atoms with Gasteiger partial charge in [0.05, 0.1) is 58.7 Å². The molecule has 4 fully saturated rings. The number of aromatic nitrogens is 4. The second-order valence-electron chi connectivity index (χ2n) is 16.3. The summed E-state index contributed by atoms with van der Waals surface area (Å²) in [7, 11) is 2.96. The van der Waals surface area contributed by atoms with Crippen molar-refractivity contribution in [2.75, 3.05) is 72.3 Å². The van der Waals surface area contributed by atoms with Gasteiger partial charge in [0.2, 0.25) is 11.8 Å². The third-order valence-corrected chi connectivity index (χ3v) is 11.8. The lowest BCUT2D eigenvalue weighted by Crippen LogP contribution is -2.46. The topological polar surface area (TPSA) is 254 Å². The highest BCUT2D eigenvalue weighted by molar-refractivity contribution is 5.94. The number of hydrogen-bond acceptors (Lipinski definition) is 16. The van der Waals surface area contributed by atoms with Gasteiger partial charge in [0.15, 0.2) is 0 Å². The summed E-state index contributed by atoms with van der Waals surface area (Å²) >= 11 is 0. The van der Waals surface area contributed by atoms with Crippen molar-refractivity contribution in [1.82, 2.24) is 30.6 Å². The highest BCUT2D eigenvalue weighted by atomic mass is 16.6. The van der Waals surface area contributed by atoms with Crippen molar-refractivity contribution in [3.63, 3.8) is 0 Å². The highest BCUT2D eigenvalue weighted by Crippen LogP contribution is 2.29. The molecule has 8 rings (SSSR count). The Hall–Kier alpha value is -7.12. The zero-order valence-electron chi connectivity index (χ0n) is 37.0. The van der Waals surface area contributed by atoms with Crippen LogP contribution in [0.15, 0.2) is 71.5 Å². The van der Waals surface area contributed by atoms with Gasteiger partial charge in [0, 0.05) is 62.8 Å². The van der Waals surface area contributed by atoms with E-state index < -0.39 is 0 Å². The van der Waals surface area contributed by atoms with E-state index >= 15 is 0 Å². The van der Waals surface area contributed by atoms with Crippen LogP contribution in [0.5, 0.6) is 11.8 Å². The van der Waals surface area contributed by atoms with E-state index in [2.05, 4.69) is 61.3 Å². The fourth-order valence-electron chi connectivity index (χ4n) is 8.45. The smallest absolute Gasteiger partial charge is 0.319 e. The van der Waals surface area contributed by atoms with Crippen LogP contribution >= 0.6 is 0 Å². The van der Waals surface area contributed by atoms with Gasteiger partial charge < -0.3 is 61.7 Å². The molecule has 1 atom stereocenters. The molecule has 4 amide bonds. The molecule has 0 bridgehead atoms. The highest BCUT2D eigenvalue weighted by Gasteiger charge is 2.27. The standard InChI is InChI=1S/C23H31N7O3.C22H29N7O3/c1-32-27-15-19-20(8-11-25-22(19)24)30-12-9-16(10-13-30)28-23(31)29-17-6-7-21(26-14-17)33-18-4-2-3-5-18;1-31-26-13-18-19(8-10-24-21(18)23)29-11-9-16(14-29)28-22(30)27-15-6-7-20(25-12-15)32-17-4-2-3-5-17/h6-8,11,14-16,18H,2-5,9-10,12-13H2,1H3,(H2,24,25)(H2,28,29,31);6-8,10,12-13,16-17H,2-5,9,11,14H2,1H3,(H2,23,24)(H2,27,28,30)/b27-15+;26-13+. The van der Waals surface area contributed by atoms with Gasteiger partial charge in [-0.25, -0.2) is 29.5 Å². The van der Waals surface area contributed by atoms with Crippen LogP contribution in [-0.4, -0.2) is 109 Å². The molecule has 20 nitrogen and oxygen atoms in total. The number of nitrogens with two attached hydrogens (primary N) is 2. The van der Waals surface area contributed by atoms with Gasteiger partial charge in [-0.2, -0.15) is 0 Å². The van der Waals surface area contributed by atoms with Gasteiger partial charge in [-0.05, 0) is 94.9 Å². The molecule has 2 aliphatic carbocycles. The zero-order valence-corrected chi connectivity index (χ0v) is 37.0. The summed E-state index contributed by atoms with van der Waals surface area (Å²) in [6, 6.07) is 10.6. The molecule has 4 aliphatic rings. The number of oxime groups is 2. The zero-order chi connectivity index (χ0) is 45.4. The number of anilines is 6. The number of rotatable bonds is 14. The number of ether oxygens (including phenoxy) is 2. The summed E-state index contributed by atoms with van der Waals surface area (Å²) in [5.41, 5.74) is 16.6. The number of nitrogens with zero attached hydrogens (tertiary/aromatic N) is 8. The van der Waals surface area contributed by atoms with Crippen molar-refractivity contribution < 1.29 is 28.7 Å². The number of piperidine rings is 1. The maximum absolute atomic E-state index is 12.5. The van der Waals surface area contributed by atoms with E-state index in [1.54, 1.807) is 55.4 Å². The van der Waals surface area contributed by atoms with Crippen LogP contribution in [0.4, 0.5) is 44.0 Å². The Morgan fingerprint density at radius 3 is 1.52 bits per heavy atom. The minimum atomic E-state index is -0.265. The molecule has 6 heterocycles. The quantitative estimate of drug-likeness (QED) is 0.0636. The van der Waals surface area contributed by atoms with Gasteiger partial charge in [-0.1, -0.05) is 10.3 Å². The average molecular weight is 893 g/mol. The summed E-state index contributed by atoms with van der Waals surface area (Å²) in [5, 5.41) is 19.4. The molecule has 346 valence electrons. The van der Waals surface area contributed by atoms with Gasteiger partial charge in [-0.3, -0.25) is 0 Å². The summed E-state index contributed by atoms with van der Waals surface area (Å²) < 4.78 is 11.7. The number of pyridine rings is 4. The minimum absolute atomic E-state index is 0.00506. The third-order valence-electron chi connectivity index (χ3n) is 11.8. The summed E-state index contributed by atoms with van der Waals surface area (Å²) in [4.78, 5) is 55.8. The van der Waals surface area contributed by atoms with E-state index in [9.17, 15) is 9.59 Å². The molecular formula is C45H60N14O6. The van der Waals surface area contributed by atoms with Crippen LogP contribution in [0.1, 0.15) is 81.8 Å². The van der Waals surface area contributed by atoms with E-state index in [0.29, 0.717) is 46.9 Å². The maximum atomic E-state index is 12.5. The first-order chi connectivity index (χ1) is 31.7. The molecule has 4 aromatic heterocycles. The molecule has 2 saturated carbocycles. The third kappa shape index (κ3) is 13.2. The lowest BCUT2D eigenvalue weighted by Gasteiger charge is -2.34. The fraction of sp³-hybridized carbons (Fsp3) is 0.467. The summed E-state index contributed by atoms with van der Waals surface area (Å²) in [6.45, 7) is 2.97. The second kappa shape index (κ2) is 23.0. The second-order valence-corrected chi connectivity index (χ2v) is 16.3. The molecule has 65 heavy (non-hydrogen) atoms. The lowest BCUT2D eigenvalue weighted by atomic mass is 10.0. The molecule has 20 heteroatoms. The molecule has 2 saturated heterocycles. The van der Waals surface area contributed by atoms with E-state index in [0.717, 1.165) is 81.5 Å². The number of carbonyl (C=O) groups is 2. The van der Waals surface area contributed by atoms with Gasteiger partial charge in [-0.15, -0.1) is 0 Å². The monoisotopic (exact) mass is 892 g/mol. The first-order valence-corrected chi connectivity index (χ1v) is 22.3. The predicted molar refractivity (Wildman–Crippen MR) is 251 cm³/mol. The van der Waals surface area contributed by atoms with E-state index in [-0.39, 0.29) is 36.4 Å². The Morgan fingerprint density at radius 2 is 1.06 bits per heavy atom. The van der Waals surface area contributed by atoms with Crippen LogP contribution in [0, 0.1) is 0 Å². The average Bonchev–Trinajstić information content (AvgIpc) is 4.13. The van der Waals surface area contributed by atoms with Crippen molar-refractivity contribution in [1.29, 1.82) is 0 Å². The lowest BCUT2D eigenvalue weighted by molar-refractivity contribution is 0.201. The number of hydrogen-bond donors (Lipinski definition) is 6. The van der Waals surface area contributed by atoms with Crippen LogP contribution in [0.25, 0.3) is 0 Å². The largest absolute Gasteiger partial charge is 0.474 e. The Kier molecular flexibility index (Phi) is 16.2. The van der Waals surface area contributed by atoms with Crippen LogP contribution < -0.4 is 52.0 Å². The molecule has 0 radical (unpaired) electrons. The Bertz CT molecular complexity index is 2210. The Labute approximate surface area is 378 Å². The normalized spacial score (nSPS) is 18.0. The molecule has 8 N–H and O–H groups in total. The Morgan fingerprint density at radius 1 is 0.615 bits per heavy atom. The SMILES string of the molecule is CO/N=C/c1c(N2CCC(NC(=O)Nc3ccc(OC4CCCC4)nc3)C2)ccnc1N.CO/N=C/c1c(N2CCC(NC(=O)Nc3ccc(OC4CCCC4)nc3)CC2)ccnc1N. The molecule has 4 aromatic rings. The van der Waals surface area contributed by atoms with Crippen LogP contribution in [0.3, 0.4) is 0 Å². The van der Waals surface area contributed by atoms with Crippen molar-refractivity contribution in [2.24, 2.45) is 10.3 Å². The van der Waals surface area contributed by atoms with Crippen molar-refractivity contribution in [3.8, 4) is 11.8 Å². The van der Waals surface area contributed by atoms with E-state index in [1.165, 1.54) is 39.9 Å². The Balaban J connectivity index is 0.000000194. The van der Waals surface area contributed by atoms with Gasteiger partial charge in [0.25, 0.3) is 0 Å². The van der Waals surface area contributed by atoms with Gasteiger partial charge in [0.1, 0.15) is 38.1 Å². The summed E-state index contributed by atoms with van der Waals surface area (Å²) in [6.07, 6.45) is 21.8. The molecule has 1 unspecified atom stereocenters. The fourth-order valence-corrected chi connectivity index (χ4v) is 8.45. The predicted octanol–water partition coefficient (Wildman–Crippen LogP) is 5.91. The van der Waals surface area contributed by atoms with Gasteiger partial charge >= 0.3 is 12.1 Å². The number of amides is 4. The maximum Gasteiger partial charge on any atom is 0.319 e. The molecular weight excluding hydrogens is 833 g/mol. The number of nitrogens with one attached hydrogen (secondary N) is 4. The van der Waals surface area contributed by atoms with E-state index in [4.69, 9.17) is 30.6 Å². The molecule has 0 spiro atoms. The number of nitrogen functional groups attached to an aromatic ring is 2. The van der Waals surface area contributed by atoms with Crippen molar-refractivity contribution in [3.05, 3.63) is 72.3 Å². The molecule has 0 aromatic carbocycles. The number of carbonyl (C=O) groups excluding carboxylic acids is 2. The van der Waals surface area contributed by atoms with Crippen molar-refractivity contribution in [2.45, 2.75) is 94.9 Å². The van der Waals surface area contributed by atoms with Crippen LogP contribution in [-0.2, 0) is 9.68 Å². The van der Waals surface area contributed by atoms with Crippen molar-refractivity contribution >= 4 is 58.9 Å². The first kappa shape index (κ1) is 45.9. The number of urea groups is 2. The minimum Gasteiger partial charge on any atom is -0.474 e. The van der Waals surface area contributed by atoms with Crippen LogP contribution in [0.2, 0.25) is 0 Å². The summed E-state index contributed by atoms with van der Waals surface area (Å²) in [5.74, 6) is 1.98.